The first-order valence-corrected chi connectivity index (χ1v) is 15.6. The van der Waals surface area contributed by atoms with E-state index >= 15 is 0 Å². The highest BCUT2D eigenvalue weighted by Gasteiger charge is 2.04. The Kier molecular flexibility index (Phi) is 18.0. The molecule has 0 radical (unpaired) electrons. The first-order valence-electron chi connectivity index (χ1n) is 15.6. The zero-order chi connectivity index (χ0) is 25.5. The summed E-state index contributed by atoms with van der Waals surface area (Å²) in [7, 11) is 0. The van der Waals surface area contributed by atoms with Crippen LogP contribution in [0.4, 0.5) is 0 Å². The zero-order valence-electron chi connectivity index (χ0n) is 23.8. The second-order valence-corrected chi connectivity index (χ2v) is 10.8. The normalized spacial score (nSPS) is 11.3. The van der Waals surface area contributed by atoms with Crippen molar-refractivity contribution < 1.29 is 0 Å². The largest absolute Gasteiger partial charge is 0.261 e. The lowest BCUT2D eigenvalue weighted by molar-refractivity contribution is 0.555. The topological polar surface area (TPSA) is 38.7 Å². The van der Waals surface area contributed by atoms with E-state index in [0.29, 0.717) is 0 Å². The van der Waals surface area contributed by atoms with Gasteiger partial charge in [-0.1, -0.05) is 129 Å². The summed E-state index contributed by atoms with van der Waals surface area (Å²) < 4.78 is 0. The van der Waals surface area contributed by atoms with Crippen LogP contribution in [0.15, 0.2) is 30.7 Å². The summed E-state index contributed by atoms with van der Waals surface area (Å²) in [6.07, 6.45) is 35.6. The minimum atomic E-state index is 0.791. The number of unbranched alkanes of at least 4 members (excludes halogenated alkanes) is 18. The summed E-state index contributed by atoms with van der Waals surface area (Å²) in [6, 6.07) is 4.29. The van der Waals surface area contributed by atoms with Gasteiger partial charge in [0.05, 0.1) is 0 Å². The molecule has 0 bridgehead atoms. The van der Waals surface area contributed by atoms with Gasteiger partial charge in [-0.15, -0.1) is 0 Å². The second-order valence-electron chi connectivity index (χ2n) is 10.8. The van der Waals surface area contributed by atoms with Gasteiger partial charge in [0.2, 0.25) is 0 Å². The van der Waals surface area contributed by atoms with Gasteiger partial charge >= 0.3 is 0 Å². The summed E-state index contributed by atoms with van der Waals surface area (Å²) in [4.78, 5) is 13.9. The van der Waals surface area contributed by atoms with Crippen molar-refractivity contribution >= 4 is 0 Å². The predicted octanol–water partition coefficient (Wildman–Crippen LogP) is 10.5. The molecule has 0 atom stereocenters. The lowest BCUT2D eigenvalue weighted by Crippen LogP contribution is -1.95. The van der Waals surface area contributed by atoms with Crippen molar-refractivity contribution in [2.75, 3.05) is 0 Å². The van der Waals surface area contributed by atoms with E-state index in [-0.39, 0.29) is 0 Å². The van der Waals surface area contributed by atoms with Crippen molar-refractivity contribution in [1.82, 2.24) is 15.0 Å². The maximum Gasteiger partial charge on any atom is 0.160 e. The van der Waals surface area contributed by atoms with Crippen LogP contribution in [0.25, 0.3) is 11.4 Å². The SMILES string of the molecule is CCCCCCCCCCCCc1cnc(-c2ccc(CCCCCCCCCCCC)nc2)nc1. The van der Waals surface area contributed by atoms with Crippen LogP contribution in [0, 0.1) is 0 Å². The fraction of sp³-hybridized carbons (Fsp3) is 0.727. The molecular formula is C33H55N3. The van der Waals surface area contributed by atoms with Gasteiger partial charge in [0.25, 0.3) is 0 Å². The van der Waals surface area contributed by atoms with Crippen LogP contribution in [-0.4, -0.2) is 15.0 Å². The monoisotopic (exact) mass is 493 g/mol. The summed E-state index contributed by atoms with van der Waals surface area (Å²) in [5, 5.41) is 0. The fourth-order valence-corrected chi connectivity index (χ4v) is 4.95. The molecule has 0 N–H and O–H groups in total. The molecular weight excluding hydrogens is 438 g/mol. The van der Waals surface area contributed by atoms with Crippen LogP contribution >= 0.6 is 0 Å². The molecule has 2 heterocycles. The maximum atomic E-state index is 4.68. The summed E-state index contributed by atoms with van der Waals surface area (Å²) in [6.45, 7) is 4.57. The van der Waals surface area contributed by atoms with Crippen molar-refractivity contribution in [3.63, 3.8) is 0 Å². The molecule has 0 fully saturated rings. The minimum absolute atomic E-state index is 0.791. The van der Waals surface area contributed by atoms with Crippen LogP contribution in [0.1, 0.15) is 154 Å². The molecule has 3 nitrogen and oxygen atoms in total. The molecule has 2 aromatic rings. The Bertz CT molecular complexity index is 673. The van der Waals surface area contributed by atoms with Gasteiger partial charge in [-0.3, -0.25) is 4.98 Å². The molecule has 0 aliphatic heterocycles. The third-order valence-corrected chi connectivity index (χ3v) is 7.39. The first-order chi connectivity index (χ1) is 17.8. The van der Waals surface area contributed by atoms with Gasteiger partial charge in [-0.25, -0.2) is 9.97 Å². The Morgan fingerprint density at radius 3 is 1.33 bits per heavy atom. The van der Waals surface area contributed by atoms with E-state index in [1.54, 1.807) is 0 Å². The number of hydrogen-bond acceptors (Lipinski definition) is 3. The molecule has 0 aliphatic carbocycles. The van der Waals surface area contributed by atoms with E-state index in [1.807, 2.05) is 18.6 Å². The molecule has 0 aliphatic rings. The van der Waals surface area contributed by atoms with E-state index in [9.17, 15) is 0 Å². The second kappa shape index (κ2) is 21.3. The number of nitrogens with zero attached hydrogens (tertiary/aromatic N) is 3. The Morgan fingerprint density at radius 1 is 0.444 bits per heavy atom. The van der Waals surface area contributed by atoms with E-state index in [4.69, 9.17) is 0 Å². The molecule has 2 aromatic heterocycles. The highest BCUT2D eigenvalue weighted by molar-refractivity contribution is 5.53. The quantitative estimate of drug-likeness (QED) is 0.144. The molecule has 0 saturated carbocycles. The van der Waals surface area contributed by atoms with Crippen LogP contribution in [-0.2, 0) is 12.8 Å². The fourth-order valence-electron chi connectivity index (χ4n) is 4.95. The number of aryl methyl sites for hydroxylation is 2. The van der Waals surface area contributed by atoms with Crippen LogP contribution in [0.3, 0.4) is 0 Å². The lowest BCUT2D eigenvalue weighted by Gasteiger charge is -2.05. The number of pyridine rings is 1. The molecule has 3 heteroatoms. The summed E-state index contributed by atoms with van der Waals surface area (Å²) in [5.41, 5.74) is 3.46. The maximum absolute atomic E-state index is 4.68. The van der Waals surface area contributed by atoms with Crippen LogP contribution < -0.4 is 0 Å². The Morgan fingerprint density at radius 2 is 0.889 bits per heavy atom. The highest BCUT2D eigenvalue weighted by Crippen LogP contribution is 2.17. The minimum Gasteiger partial charge on any atom is -0.261 e. The standard InChI is InChI=1S/C33H55N3/c1-3-5-7-9-11-13-15-17-19-21-23-30-27-35-33(36-28-30)31-25-26-32(34-29-31)24-22-20-18-16-14-12-10-8-6-4-2/h25-29H,3-24H2,1-2H3. The molecule has 0 aromatic carbocycles. The van der Waals surface area contributed by atoms with Crippen molar-refractivity contribution in [2.45, 2.75) is 155 Å². The predicted molar refractivity (Wildman–Crippen MR) is 156 cm³/mol. The molecule has 2 rings (SSSR count). The van der Waals surface area contributed by atoms with Crippen molar-refractivity contribution in [3.05, 3.63) is 42.0 Å². The average Bonchev–Trinajstić information content (AvgIpc) is 2.91. The number of aromatic nitrogens is 3. The molecule has 202 valence electrons. The number of rotatable bonds is 23. The first kappa shape index (κ1) is 30.5. The van der Waals surface area contributed by atoms with E-state index in [2.05, 4.69) is 40.9 Å². The van der Waals surface area contributed by atoms with Crippen LogP contribution in [0.5, 0.6) is 0 Å². The van der Waals surface area contributed by atoms with Gasteiger partial charge in [-0.05, 0) is 43.4 Å². The molecule has 0 amide bonds. The molecule has 0 spiro atoms. The summed E-state index contributed by atoms with van der Waals surface area (Å²) in [5.74, 6) is 0.791. The third-order valence-electron chi connectivity index (χ3n) is 7.39. The lowest BCUT2D eigenvalue weighted by atomic mass is 10.0. The van der Waals surface area contributed by atoms with Crippen LogP contribution in [0.2, 0.25) is 0 Å². The molecule has 36 heavy (non-hydrogen) atoms. The van der Waals surface area contributed by atoms with Gasteiger partial charge in [0.1, 0.15) is 0 Å². The van der Waals surface area contributed by atoms with E-state index in [0.717, 1.165) is 24.2 Å². The Hall–Kier alpha value is -1.77. The van der Waals surface area contributed by atoms with Crippen molar-refractivity contribution in [1.29, 1.82) is 0 Å². The molecule has 0 saturated heterocycles. The van der Waals surface area contributed by atoms with Gasteiger partial charge in [-0.2, -0.15) is 0 Å². The Labute approximate surface area is 223 Å². The smallest absolute Gasteiger partial charge is 0.160 e. The van der Waals surface area contributed by atoms with E-state index in [1.165, 1.54) is 140 Å². The van der Waals surface area contributed by atoms with Gasteiger partial charge in [0, 0.05) is 29.8 Å². The summed E-state index contributed by atoms with van der Waals surface area (Å²) >= 11 is 0. The zero-order valence-corrected chi connectivity index (χ0v) is 23.8. The Balaban J connectivity index is 1.53. The average molecular weight is 494 g/mol. The third kappa shape index (κ3) is 14.7. The van der Waals surface area contributed by atoms with Gasteiger partial charge in [0.15, 0.2) is 5.82 Å². The van der Waals surface area contributed by atoms with Gasteiger partial charge < -0.3 is 0 Å². The highest BCUT2D eigenvalue weighted by atomic mass is 14.9. The van der Waals surface area contributed by atoms with Crippen molar-refractivity contribution in [3.8, 4) is 11.4 Å². The molecule has 0 unspecified atom stereocenters. The van der Waals surface area contributed by atoms with E-state index < -0.39 is 0 Å². The van der Waals surface area contributed by atoms with Crippen molar-refractivity contribution in [2.24, 2.45) is 0 Å². The number of hydrogen-bond donors (Lipinski definition) is 0.